The summed E-state index contributed by atoms with van der Waals surface area (Å²) < 4.78 is 7.15. The van der Waals surface area contributed by atoms with Crippen molar-refractivity contribution in [3.63, 3.8) is 0 Å². The lowest BCUT2D eigenvalue weighted by molar-refractivity contribution is 0.0741. The van der Waals surface area contributed by atoms with Gasteiger partial charge in [-0.15, -0.1) is 0 Å². The number of aromatic nitrogens is 2. The normalized spacial score (nSPS) is 17.5. The van der Waals surface area contributed by atoms with E-state index in [0.29, 0.717) is 24.7 Å². The lowest BCUT2D eigenvalue weighted by Gasteiger charge is -2.21. The van der Waals surface area contributed by atoms with E-state index in [-0.39, 0.29) is 18.2 Å². The molecule has 2 aromatic carbocycles. The van der Waals surface area contributed by atoms with E-state index in [2.05, 4.69) is 4.90 Å². The van der Waals surface area contributed by atoms with E-state index in [9.17, 15) is 4.79 Å². The molecule has 1 N–H and O–H groups in total. The predicted octanol–water partition coefficient (Wildman–Crippen LogP) is 3.68. The van der Waals surface area contributed by atoms with Crippen LogP contribution in [0.1, 0.15) is 36.6 Å². The van der Waals surface area contributed by atoms with Gasteiger partial charge in [-0.2, -0.15) is 5.10 Å². The molecule has 6 nitrogen and oxygen atoms in total. The Morgan fingerprint density at radius 2 is 1.81 bits per heavy atom. The Kier molecular flexibility index (Phi) is 7.92. The molecule has 32 heavy (non-hydrogen) atoms. The summed E-state index contributed by atoms with van der Waals surface area (Å²) in [5.41, 5.74) is 2.03. The summed E-state index contributed by atoms with van der Waals surface area (Å²) >= 11 is 6.05. The van der Waals surface area contributed by atoms with Crippen molar-refractivity contribution in [2.45, 2.75) is 31.7 Å². The average molecular weight is 456 g/mol. The molecule has 170 valence electrons. The molecule has 0 saturated carbocycles. The molecule has 3 aromatic rings. The molecule has 1 unspecified atom stereocenters. The monoisotopic (exact) mass is 455 g/mol. The number of hydrogen-bond acceptors (Lipinski definition) is 5. The maximum absolute atomic E-state index is 13.3. The van der Waals surface area contributed by atoms with Gasteiger partial charge in [0, 0.05) is 29.9 Å². The Morgan fingerprint density at radius 1 is 1.03 bits per heavy atom. The summed E-state index contributed by atoms with van der Waals surface area (Å²) in [4.78, 5) is 15.7. The minimum atomic E-state index is -0.00909. The second kappa shape index (κ2) is 11.1. The molecule has 0 amide bonds. The Hall–Kier alpha value is -2.25. The van der Waals surface area contributed by atoms with Crippen LogP contribution in [0.5, 0.6) is 0 Å². The smallest absolute Gasteiger partial charge is 0.274 e. The van der Waals surface area contributed by atoms with Gasteiger partial charge in [-0.25, -0.2) is 4.68 Å². The summed E-state index contributed by atoms with van der Waals surface area (Å²) in [7, 11) is 0. The van der Waals surface area contributed by atoms with Crippen LogP contribution in [-0.4, -0.2) is 59.2 Å². The quantitative estimate of drug-likeness (QED) is 0.525. The molecular weight excluding hydrogens is 426 g/mol. The Morgan fingerprint density at radius 3 is 2.59 bits per heavy atom. The summed E-state index contributed by atoms with van der Waals surface area (Å²) in [6, 6.07) is 15.7. The molecule has 1 saturated heterocycles. The molecule has 0 bridgehead atoms. The van der Waals surface area contributed by atoms with Gasteiger partial charge >= 0.3 is 0 Å². The van der Waals surface area contributed by atoms with E-state index in [1.807, 2.05) is 48.5 Å². The van der Waals surface area contributed by atoms with Gasteiger partial charge in [0.2, 0.25) is 0 Å². The molecule has 2 heterocycles. The number of hydrogen-bond donors (Lipinski definition) is 1. The zero-order valence-corrected chi connectivity index (χ0v) is 19.0. The molecule has 1 aliphatic rings. The second-order valence-electron chi connectivity index (χ2n) is 8.31. The minimum absolute atomic E-state index is 0.00909. The van der Waals surface area contributed by atoms with Gasteiger partial charge in [-0.3, -0.25) is 4.79 Å². The second-order valence-corrected chi connectivity index (χ2v) is 8.74. The number of ether oxygens (including phenoxy) is 1. The third kappa shape index (κ3) is 5.56. The van der Waals surface area contributed by atoms with Crippen molar-refractivity contribution in [2.75, 3.05) is 39.5 Å². The van der Waals surface area contributed by atoms with E-state index in [1.54, 1.807) is 4.68 Å². The first-order chi connectivity index (χ1) is 15.7. The number of aliphatic hydroxyl groups is 1. The van der Waals surface area contributed by atoms with E-state index >= 15 is 0 Å². The molecule has 1 aliphatic heterocycles. The number of aliphatic hydroxyl groups excluding tert-OH is 1. The number of fused-ring (bicyclic) bond motifs is 1. The minimum Gasteiger partial charge on any atom is -0.394 e. The fraction of sp³-hybridized carbons (Fsp3) is 0.440. The van der Waals surface area contributed by atoms with Crippen LogP contribution in [-0.2, 0) is 11.2 Å². The molecule has 0 spiro atoms. The standard InChI is InChI=1S/C25H30ClN3O3/c26-20-9-7-19(8-10-20)18-24-22-5-1-2-6-23(22)25(31)29(27-24)21-4-3-12-28(13-11-21)14-16-32-17-15-30/h1-2,5-10,21,30H,3-4,11-18H2. The maximum Gasteiger partial charge on any atom is 0.274 e. The van der Waals surface area contributed by atoms with Crippen LogP contribution in [0.15, 0.2) is 53.3 Å². The summed E-state index contributed by atoms with van der Waals surface area (Å²) in [6.45, 7) is 3.78. The Bertz CT molecular complexity index is 1080. The molecule has 1 atom stereocenters. The van der Waals surface area contributed by atoms with Crippen LogP contribution in [0.4, 0.5) is 0 Å². The number of benzene rings is 2. The molecule has 1 fully saturated rings. The molecular formula is C25H30ClN3O3. The first-order valence-corrected chi connectivity index (χ1v) is 11.7. The van der Waals surface area contributed by atoms with E-state index in [0.717, 1.165) is 60.9 Å². The van der Waals surface area contributed by atoms with Crippen molar-refractivity contribution in [3.05, 3.63) is 75.2 Å². The highest BCUT2D eigenvalue weighted by molar-refractivity contribution is 6.30. The zero-order chi connectivity index (χ0) is 22.3. The number of halogens is 1. The summed E-state index contributed by atoms with van der Waals surface area (Å²) in [5.74, 6) is 0. The third-order valence-electron chi connectivity index (χ3n) is 6.11. The number of nitrogens with zero attached hydrogens (tertiary/aromatic N) is 3. The van der Waals surface area contributed by atoms with Gasteiger partial charge in [0.25, 0.3) is 5.56 Å². The fourth-order valence-corrected chi connectivity index (χ4v) is 4.54. The van der Waals surface area contributed by atoms with Crippen LogP contribution in [0, 0.1) is 0 Å². The van der Waals surface area contributed by atoms with Crippen molar-refractivity contribution in [3.8, 4) is 0 Å². The molecule has 4 rings (SSSR count). The molecule has 0 aliphatic carbocycles. The fourth-order valence-electron chi connectivity index (χ4n) is 4.41. The van der Waals surface area contributed by atoms with E-state index < -0.39 is 0 Å². The van der Waals surface area contributed by atoms with Crippen LogP contribution in [0.25, 0.3) is 10.8 Å². The third-order valence-corrected chi connectivity index (χ3v) is 6.37. The molecule has 1 aromatic heterocycles. The van der Waals surface area contributed by atoms with Crippen LogP contribution in [0.2, 0.25) is 5.02 Å². The Balaban J connectivity index is 1.57. The van der Waals surface area contributed by atoms with Crippen molar-refractivity contribution in [1.29, 1.82) is 0 Å². The van der Waals surface area contributed by atoms with Crippen LogP contribution >= 0.6 is 11.6 Å². The lowest BCUT2D eigenvalue weighted by atomic mass is 10.0. The highest BCUT2D eigenvalue weighted by atomic mass is 35.5. The van der Waals surface area contributed by atoms with Crippen LogP contribution < -0.4 is 5.56 Å². The number of likely N-dealkylation sites (tertiary alicyclic amines) is 1. The summed E-state index contributed by atoms with van der Waals surface area (Å²) in [6.07, 6.45) is 3.47. The topological polar surface area (TPSA) is 67.6 Å². The molecule has 0 radical (unpaired) electrons. The Labute approximate surface area is 193 Å². The average Bonchev–Trinajstić information content (AvgIpc) is 3.06. The van der Waals surface area contributed by atoms with Gasteiger partial charge in [0.05, 0.1) is 36.9 Å². The van der Waals surface area contributed by atoms with Crippen molar-refractivity contribution >= 4 is 22.4 Å². The molecule has 7 heteroatoms. The van der Waals surface area contributed by atoms with Gasteiger partial charge in [0.15, 0.2) is 0 Å². The first kappa shape index (κ1) is 22.9. The first-order valence-electron chi connectivity index (χ1n) is 11.3. The van der Waals surface area contributed by atoms with Crippen molar-refractivity contribution in [1.82, 2.24) is 14.7 Å². The zero-order valence-electron chi connectivity index (χ0n) is 18.3. The van der Waals surface area contributed by atoms with Gasteiger partial charge in [-0.1, -0.05) is 41.9 Å². The van der Waals surface area contributed by atoms with Crippen molar-refractivity contribution < 1.29 is 9.84 Å². The van der Waals surface area contributed by atoms with Gasteiger partial charge in [0.1, 0.15) is 0 Å². The lowest BCUT2D eigenvalue weighted by Crippen LogP contribution is -2.31. The van der Waals surface area contributed by atoms with Crippen molar-refractivity contribution in [2.24, 2.45) is 0 Å². The largest absolute Gasteiger partial charge is 0.394 e. The highest BCUT2D eigenvalue weighted by Crippen LogP contribution is 2.24. The summed E-state index contributed by atoms with van der Waals surface area (Å²) in [5, 5.41) is 16.1. The van der Waals surface area contributed by atoms with E-state index in [4.69, 9.17) is 26.5 Å². The van der Waals surface area contributed by atoms with E-state index in [1.165, 1.54) is 0 Å². The van der Waals surface area contributed by atoms with Gasteiger partial charge in [-0.05, 0) is 49.6 Å². The van der Waals surface area contributed by atoms with Crippen LogP contribution in [0.3, 0.4) is 0 Å². The SMILES string of the molecule is O=c1c2ccccc2c(Cc2ccc(Cl)cc2)nn1C1CCCN(CCOCCO)CC1. The maximum atomic E-state index is 13.3. The predicted molar refractivity (Wildman–Crippen MR) is 127 cm³/mol. The highest BCUT2D eigenvalue weighted by Gasteiger charge is 2.22. The van der Waals surface area contributed by atoms with Gasteiger partial charge < -0.3 is 14.7 Å². The number of rotatable bonds is 8.